The maximum atomic E-state index is 13.9. The highest BCUT2D eigenvalue weighted by Gasteiger charge is 2.14. The van der Waals surface area contributed by atoms with Crippen molar-refractivity contribution in [2.24, 2.45) is 0 Å². The first-order valence-corrected chi connectivity index (χ1v) is 8.21. The van der Waals surface area contributed by atoms with Crippen molar-refractivity contribution in [2.45, 2.75) is 51.4 Å². The van der Waals surface area contributed by atoms with Crippen LogP contribution >= 0.6 is 0 Å². The minimum Gasteiger partial charge on any atom is -0.392 e. The lowest BCUT2D eigenvalue weighted by Gasteiger charge is -2.22. The molecule has 0 bridgehead atoms. The number of aliphatic hydroxyl groups is 1. The molecule has 2 aromatic rings. The van der Waals surface area contributed by atoms with Gasteiger partial charge in [0.25, 0.3) is 0 Å². The predicted octanol–water partition coefficient (Wildman–Crippen LogP) is 4.23. The van der Waals surface area contributed by atoms with Crippen molar-refractivity contribution in [1.29, 1.82) is 0 Å². The average molecular weight is 315 g/mol. The highest BCUT2D eigenvalue weighted by molar-refractivity contribution is 5.64. The van der Waals surface area contributed by atoms with Crippen molar-refractivity contribution < 1.29 is 14.2 Å². The molecule has 0 amide bonds. The van der Waals surface area contributed by atoms with Crippen LogP contribution in [0.5, 0.6) is 0 Å². The summed E-state index contributed by atoms with van der Waals surface area (Å²) in [5.74, 6) is -0.279. The molecule has 1 aliphatic rings. The third kappa shape index (κ3) is 4.36. The molecule has 1 aromatic carbocycles. The Labute approximate surface area is 136 Å². The lowest BCUT2D eigenvalue weighted by molar-refractivity contribution is 0.0168. The molecule has 0 aliphatic heterocycles. The molecule has 1 aliphatic carbocycles. The number of ether oxygens (including phenoxy) is 1. The van der Waals surface area contributed by atoms with E-state index in [1.165, 1.54) is 31.4 Å². The zero-order chi connectivity index (χ0) is 16.1. The van der Waals surface area contributed by atoms with Gasteiger partial charge in [-0.2, -0.15) is 0 Å². The van der Waals surface area contributed by atoms with Crippen LogP contribution in [-0.4, -0.2) is 16.2 Å². The van der Waals surface area contributed by atoms with E-state index in [4.69, 9.17) is 4.74 Å². The molecule has 4 heteroatoms. The molecule has 23 heavy (non-hydrogen) atoms. The van der Waals surface area contributed by atoms with E-state index in [0.29, 0.717) is 18.3 Å². The SMILES string of the molecule is OCc1cncc(-c2cc(F)cc(COC3CCCCC3)c2)c1. The number of hydrogen-bond acceptors (Lipinski definition) is 3. The van der Waals surface area contributed by atoms with Crippen LogP contribution in [0.15, 0.2) is 36.7 Å². The van der Waals surface area contributed by atoms with Gasteiger partial charge in [0, 0.05) is 18.0 Å². The van der Waals surface area contributed by atoms with Gasteiger partial charge in [-0.3, -0.25) is 4.98 Å². The van der Waals surface area contributed by atoms with Crippen LogP contribution in [0.4, 0.5) is 4.39 Å². The molecular weight excluding hydrogens is 293 g/mol. The Morgan fingerprint density at radius 3 is 2.57 bits per heavy atom. The largest absolute Gasteiger partial charge is 0.392 e. The first kappa shape index (κ1) is 16.1. The van der Waals surface area contributed by atoms with Gasteiger partial charge in [-0.25, -0.2) is 4.39 Å². The van der Waals surface area contributed by atoms with Gasteiger partial charge in [-0.1, -0.05) is 19.3 Å². The number of hydrogen-bond donors (Lipinski definition) is 1. The van der Waals surface area contributed by atoms with Gasteiger partial charge in [0.15, 0.2) is 0 Å². The molecule has 1 heterocycles. The number of benzene rings is 1. The van der Waals surface area contributed by atoms with Gasteiger partial charge in [-0.05, 0) is 53.8 Å². The van der Waals surface area contributed by atoms with Crippen molar-refractivity contribution in [3.05, 3.63) is 53.6 Å². The minimum absolute atomic E-state index is 0.0756. The van der Waals surface area contributed by atoms with E-state index < -0.39 is 0 Å². The molecule has 1 saturated carbocycles. The van der Waals surface area contributed by atoms with E-state index in [2.05, 4.69) is 4.98 Å². The number of aromatic nitrogens is 1. The molecule has 0 saturated heterocycles. The molecule has 0 atom stereocenters. The second-order valence-electron chi connectivity index (χ2n) is 6.16. The second-order valence-corrected chi connectivity index (χ2v) is 6.16. The molecule has 0 radical (unpaired) electrons. The molecular formula is C19H22FNO2. The number of nitrogens with zero attached hydrogens (tertiary/aromatic N) is 1. The van der Waals surface area contributed by atoms with Crippen LogP contribution in [0.25, 0.3) is 11.1 Å². The van der Waals surface area contributed by atoms with Crippen LogP contribution in [0.3, 0.4) is 0 Å². The molecule has 1 N–H and O–H groups in total. The molecule has 1 fully saturated rings. The van der Waals surface area contributed by atoms with Gasteiger partial charge in [0.1, 0.15) is 5.82 Å². The van der Waals surface area contributed by atoms with E-state index in [0.717, 1.165) is 29.5 Å². The Morgan fingerprint density at radius 1 is 1.00 bits per heavy atom. The highest BCUT2D eigenvalue weighted by atomic mass is 19.1. The second kappa shape index (κ2) is 7.66. The fraction of sp³-hybridized carbons (Fsp3) is 0.421. The van der Waals surface area contributed by atoms with Gasteiger partial charge < -0.3 is 9.84 Å². The highest BCUT2D eigenvalue weighted by Crippen LogP contribution is 2.25. The van der Waals surface area contributed by atoms with Gasteiger partial charge in [-0.15, -0.1) is 0 Å². The fourth-order valence-electron chi connectivity index (χ4n) is 3.08. The molecule has 122 valence electrons. The predicted molar refractivity (Wildman–Crippen MR) is 87.2 cm³/mol. The summed E-state index contributed by atoms with van der Waals surface area (Å²) in [6, 6.07) is 6.77. The average Bonchev–Trinajstić information content (AvgIpc) is 2.60. The topological polar surface area (TPSA) is 42.4 Å². The molecule has 3 nitrogen and oxygen atoms in total. The first-order chi connectivity index (χ1) is 11.2. The molecule has 0 unspecified atom stereocenters. The fourth-order valence-corrected chi connectivity index (χ4v) is 3.08. The Morgan fingerprint density at radius 2 is 1.78 bits per heavy atom. The molecule has 1 aromatic heterocycles. The van der Waals surface area contributed by atoms with Crippen molar-refractivity contribution in [3.63, 3.8) is 0 Å². The van der Waals surface area contributed by atoms with Gasteiger partial charge >= 0.3 is 0 Å². The van der Waals surface area contributed by atoms with Gasteiger partial charge in [0.05, 0.1) is 19.3 Å². The lowest BCUT2D eigenvalue weighted by Crippen LogP contribution is -2.16. The van der Waals surface area contributed by atoms with E-state index in [-0.39, 0.29) is 12.4 Å². The summed E-state index contributed by atoms with van der Waals surface area (Å²) >= 11 is 0. The summed E-state index contributed by atoms with van der Waals surface area (Å²) in [6.07, 6.45) is 9.52. The normalized spacial score (nSPS) is 15.7. The maximum Gasteiger partial charge on any atom is 0.124 e. The summed E-state index contributed by atoms with van der Waals surface area (Å²) in [6.45, 7) is 0.357. The Kier molecular flexibility index (Phi) is 5.36. The number of pyridine rings is 1. The van der Waals surface area contributed by atoms with Gasteiger partial charge in [0.2, 0.25) is 0 Å². The summed E-state index contributed by atoms with van der Waals surface area (Å²) in [5, 5.41) is 9.21. The molecule has 3 rings (SSSR count). The van der Waals surface area contributed by atoms with E-state index >= 15 is 0 Å². The maximum absolute atomic E-state index is 13.9. The minimum atomic E-state index is -0.279. The van der Waals surface area contributed by atoms with Crippen molar-refractivity contribution in [1.82, 2.24) is 4.98 Å². The third-order valence-electron chi connectivity index (χ3n) is 4.31. The smallest absolute Gasteiger partial charge is 0.124 e. The van der Waals surface area contributed by atoms with Crippen molar-refractivity contribution in [3.8, 4) is 11.1 Å². The Bertz CT molecular complexity index is 654. The van der Waals surface area contributed by atoms with E-state index in [9.17, 15) is 9.50 Å². The van der Waals surface area contributed by atoms with E-state index in [1.807, 2.05) is 12.1 Å². The standard InChI is InChI=1S/C19H22FNO2/c20-18-8-14(13-23-19-4-2-1-3-5-19)6-16(9-18)17-7-15(12-22)10-21-11-17/h6-11,19,22H,1-5,12-13H2. The summed E-state index contributed by atoms with van der Waals surface area (Å²) in [7, 11) is 0. The zero-order valence-corrected chi connectivity index (χ0v) is 13.2. The van der Waals surface area contributed by atoms with Crippen LogP contribution in [-0.2, 0) is 18.0 Å². The Balaban J connectivity index is 1.75. The molecule has 0 spiro atoms. The quantitative estimate of drug-likeness (QED) is 0.898. The van der Waals surface area contributed by atoms with Crippen LogP contribution in [0.1, 0.15) is 43.2 Å². The first-order valence-electron chi connectivity index (χ1n) is 8.21. The monoisotopic (exact) mass is 315 g/mol. The van der Waals surface area contributed by atoms with Crippen molar-refractivity contribution >= 4 is 0 Å². The zero-order valence-electron chi connectivity index (χ0n) is 13.2. The van der Waals surface area contributed by atoms with Crippen LogP contribution in [0.2, 0.25) is 0 Å². The van der Waals surface area contributed by atoms with Crippen molar-refractivity contribution in [2.75, 3.05) is 0 Å². The lowest BCUT2D eigenvalue weighted by atomic mass is 9.98. The summed E-state index contributed by atoms with van der Waals surface area (Å²) < 4.78 is 19.9. The van der Waals surface area contributed by atoms with Crippen LogP contribution < -0.4 is 0 Å². The summed E-state index contributed by atoms with van der Waals surface area (Å²) in [5.41, 5.74) is 3.11. The van der Waals surface area contributed by atoms with E-state index in [1.54, 1.807) is 12.4 Å². The third-order valence-corrected chi connectivity index (χ3v) is 4.31. The Hall–Kier alpha value is -1.78. The van der Waals surface area contributed by atoms with Crippen LogP contribution in [0, 0.1) is 5.82 Å². The number of halogens is 1. The number of aliphatic hydroxyl groups excluding tert-OH is 1. The summed E-state index contributed by atoms with van der Waals surface area (Å²) in [4.78, 5) is 4.10. The number of rotatable bonds is 5.